The van der Waals surface area contributed by atoms with Crippen LogP contribution in [0.15, 0.2) is 29.6 Å². The molecule has 0 unspecified atom stereocenters. The molecule has 2 saturated heterocycles. The van der Waals surface area contributed by atoms with E-state index in [4.69, 9.17) is 11.6 Å². The Morgan fingerprint density at radius 1 is 1.00 bits per heavy atom. The first-order valence-corrected chi connectivity index (χ1v) is 11.4. The largest absolute Gasteiger partial charge is 0.342 e. The molecule has 1 aromatic heterocycles. The molecular weight excluding hydrogens is 408 g/mol. The maximum atomic E-state index is 13.0. The number of nitrogens with zero attached hydrogens (tertiary/aromatic N) is 4. The number of benzene rings is 1. The predicted molar refractivity (Wildman–Crippen MR) is 115 cm³/mol. The highest BCUT2D eigenvalue weighted by Gasteiger charge is 2.25. The summed E-state index contributed by atoms with van der Waals surface area (Å²) in [5, 5.41) is 3.27. The Balaban J connectivity index is 1.35. The third-order valence-electron chi connectivity index (χ3n) is 5.49. The van der Waals surface area contributed by atoms with E-state index in [0.29, 0.717) is 30.4 Å². The van der Waals surface area contributed by atoms with Crippen LogP contribution in [0.4, 0.5) is 0 Å². The van der Waals surface area contributed by atoms with Gasteiger partial charge in [-0.3, -0.25) is 14.5 Å². The summed E-state index contributed by atoms with van der Waals surface area (Å²) >= 11 is 7.52. The molecule has 0 bridgehead atoms. The van der Waals surface area contributed by atoms with E-state index in [1.54, 1.807) is 0 Å². The van der Waals surface area contributed by atoms with Crippen molar-refractivity contribution in [1.82, 2.24) is 19.7 Å². The first kappa shape index (κ1) is 20.3. The minimum absolute atomic E-state index is 0.0396. The Labute approximate surface area is 180 Å². The van der Waals surface area contributed by atoms with E-state index >= 15 is 0 Å². The summed E-state index contributed by atoms with van der Waals surface area (Å²) in [6, 6.07) is 7.51. The highest BCUT2D eigenvalue weighted by molar-refractivity contribution is 7.13. The van der Waals surface area contributed by atoms with Crippen LogP contribution in [0, 0.1) is 0 Å². The molecule has 0 spiro atoms. The Morgan fingerprint density at radius 2 is 1.79 bits per heavy atom. The summed E-state index contributed by atoms with van der Waals surface area (Å²) in [5.41, 5.74) is 1.40. The lowest BCUT2D eigenvalue weighted by Gasteiger charge is -2.23. The van der Waals surface area contributed by atoms with Crippen molar-refractivity contribution < 1.29 is 9.59 Å². The van der Waals surface area contributed by atoms with Crippen molar-refractivity contribution in [2.75, 3.05) is 45.8 Å². The van der Waals surface area contributed by atoms with Crippen molar-refractivity contribution in [2.24, 2.45) is 0 Å². The molecular formula is C21H25ClN4O2S. The maximum Gasteiger partial charge on any atom is 0.273 e. The predicted octanol–water partition coefficient (Wildman–Crippen LogP) is 3.23. The molecule has 4 rings (SSSR count). The summed E-state index contributed by atoms with van der Waals surface area (Å²) in [6.45, 7) is 5.10. The van der Waals surface area contributed by atoms with E-state index in [1.807, 2.05) is 39.4 Å². The number of hydrogen-bond donors (Lipinski definition) is 0. The van der Waals surface area contributed by atoms with Crippen molar-refractivity contribution in [1.29, 1.82) is 0 Å². The topological polar surface area (TPSA) is 56.8 Å². The zero-order valence-corrected chi connectivity index (χ0v) is 17.9. The fourth-order valence-corrected chi connectivity index (χ4v) is 4.86. The highest BCUT2D eigenvalue weighted by Crippen LogP contribution is 2.26. The summed E-state index contributed by atoms with van der Waals surface area (Å²) in [5.74, 6) is 0.176. The lowest BCUT2D eigenvalue weighted by Crippen LogP contribution is -2.41. The van der Waals surface area contributed by atoms with Crippen LogP contribution in [0.25, 0.3) is 10.6 Å². The van der Waals surface area contributed by atoms with Crippen LogP contribution in [0.3, 0.4) is 0 Å². The van der Waals surface area contributed by atoms with Crippen molar-refractivity contribution in [3.05, 3.63) is 40.4 Å². The molecule has 0 aliphatic carbocycles. The minimum Gasteiger partial charge on any atom is -0.342 e. The van der Waals surface area contributed by atoms with E-state index in [9.17, 15) is 9.59 Å². The van der Waals surface area contributed by atoms with Gasteiger partial charge in [0.2, 0.25) is 5.91 Å². The smallest absolute Gasteiger partial charge is 0.273 e. The summed E-state index contributed by atoms with van der Waals surface area (Å²) < 4.78 is 0. The van der Waals surface area contributed by atoms with Crippen LogP contribution < -0.4 is 0 Å². The van der Waals surface area contributed by atoms with Gasteiger partial charge in [-0.2, -0.15) is 0 Å². The standard InChI is InChI=1S/C21H25ClN4O2S/c22-17-6-3-5-16(13-17)20-23-18(15-29-20)21(28)26-10-4-7-24(11-12-26)14-19(27)25-8-1-2-9-25/h3,5-6,13,15H,1-2,4,7-12,14H2. The SMILES string of the molecule is O=C(CN1CCCN(C(=O)c2csc(-c3cccc(Cl)c3)n2)CC1)N1CCCC1. The number of carbonyl (C=O) groups is 2. The molecule has 0 N–H and O–H groups in total. The van der Waals surface area contributed by atoms with Gasteiger partial charge < -0.3 is 9.80 Å². The molecule has 1 aromatic carbocycles. The molecule has 2 aliphatic heterocycles. The van der Waals surface area contributed by atoms with Crippen LogP contribution in [-0.2, 0) is 4.79 Å². The lowest BCUT2D eigenvalue weighted by molar-refractivity contribution is -0.131. The van der Waals surface area contributed by atoms with Gasteiger partial charge in [0.05, 0.1) is 6.54 Å². The Hall–Kier alpha value is -1.96. The third kappa shape index (κ3) is 4.97. The number of amides is 2. The number of rotatable bonds is 4. The van der Waals surface area contributed by atoms with Crippen LogP contribution in [0.2, 0.25) is 5.02 Å². The van der Waals surface area contributed by atoms with Crippen molar-refractivity contribution in [2.45, 2.75) is 19.3 Å². The molecule has 2 amide bonds. The molecule has 0 atom stereocenters. The summed E-state index contributed by atoms with van der Waals surface area (Å²) in [4.78, 5) is 35.9. The van der Waals surface area contributed by atoms with Gasteiger partial charge in [0.1, 0.15) is 10.7 Å². The second-order valence-electron chi connectivity index (χ2n) is 7.56. The van der Waals surface area contributed by atoms with Gasteiger partial charge in [-0.05, 0) is 31.4 Å². The molecule has 2 fully saturated rings. The quantitative estimate of drug-likeness (QED) is 0.744. The van der Waals surface area contributed by atoms with Crippen molar-refractivity contribution in [3.8, 4) is 10.6 Å². The van der Waals surface area contributed by atoms with Crippen LogP contribution in [0.1, 0.15) is 29.8 Å². The Morgan fingerprint density at radius 3 is 2.59 bits per heavy atom. The number of thiazole rings is 1. The second-order valence-corrected chi connectivity index (χ2v) is 8.85. The fourth-order valence-electron chi connectivity index (χ4n) is 3.88. The van der Waals surface area contributed by atoms with Gasteiger partial charge in [-0.25, -0.2) is 4.98 Å². The molecule has 2 aromatic rings. The Kier molecular flexibility index (Phi) is 6.47. The normalized spacial score (nSPS) is 18.1. The average molecular weight is 433 g/mol. The van der Waals surface area contributed by atoms with Gasteiger partial charge in [-0.1, -0.05) is 23.7 Å². The van der Waals surface area contributed by atoms with Crippen LogP contribution in [-0.4, -0.2) is 77.3 Å². The van der Waals surface area contributed by atoms with E-state index in [-0.39, 0.29) is 11.8 Å². The first-order valence-electron chi connectivity index (χ1n) is 10.1. The molecule has 29 heavy (non-hydrogen) atoms. The summed E-state index contributed by atoms with van der Waals surface area (Å²) in [7, 11) is 0. The van der Waals surface area contributed by atoms with Gasteiger partial charge in [-0.15, -0.1) is 11.3 Å². The monoisotopic (exact) mass is 432 g/mol. The van der Waals surface area contributed by atoms with E-state index < -0.39 is 0 Å². The lowest BCUT2D eigenvalue weighted by atomic mass is 10.2. The Bertz CT molecular complexity index is 881. The fraction of sp³-hybridized carbons (Fsp3) is 0.476. The van der Waals surface area contributed by atoms with E-state index in [2.05, 4.69) is 9.88 Å². The van der Waals surface area contributed by atoms with Gasteiger partial charge >= 0.3 is 0 Å². The van der Waals surface area contributed by atoms with E-state index in [1.165, 1.54) is 11.3 Å². The number of halogens is 1. The molecule has 8 heteroatoms. The van der Waals surface area contributed by atoms with Gasteiger partial charge in [0.15, 0.2) is 0 Å². The molecule has 0 radical (unpaired) electrons. The minimum atomic E-state index is -0.0396. The summed E-state index contributed by atoms with van der Waals surface area (Å²) in [6.07, 6.45) is 3.09. The highest BCUT2D eigenvalue weighted by atomic mass is 35.5. The molecule has 154 valence electrons. The average Bonchev–Trinajstić information content (AvgIpc) is 3.37. The van der Waals surface area contributed by atoms with E-state index in [0.717, 1.165) is 56.0 Å². The molecule has 2 aliphatic rings. The number of carbonyl (C=O) groups excluding carboxylic acids is 2. The van der Waals surface area contributed by atoms with Crippen molar-refractivity contribution >= 4 is 34.8 Å². The molecule has 3 heterocycles. The van der Waals surface area contributed by atoms with Crippen LogP contribution >= 0.6 is 22.9 Å². The zero-order chi connectivity index (χ0) is 20.2. The third-order valence-corrected chi connectivity index (χ3v) is 6.61. The van der Waals surface area contributed by atoms with Gasteiger partial charge in [0.25, 0.3) is 5.91 Å². The molecule has 6 nitrogen and oxygen atoms in total. The van der Waals surface area contributed by atoms with Crippen molar-refractivity contribution in [3.63, 3.8) is 0 Å². The molecule has 0 saturated carbocycles. The first-order chi connectivity index (χ1) is 14.1. The zero-order valence-electron chi connectivity index (χ0n) is 16.3. The van der Waals surface area contributed by atoms with Crippen LogP contribution in [0.5, 0.6) is 0 Å². The number of hydrogen-bond acceptors (Lipinski definition) is 5. The maximum absolute atomic E-state index is 13.0. The number of likely N-dealkylation sites (tertiary alicyclic amines) is 1. The number of aromatic nitrogens is 1. The van der Waals surface area contributed by atoms with Gasteiger partial charge in [0, 0.05) is 55.2 Å². The second kappa shape index (κ2) is 9.24.